The third-order valence-corrected chi connectivity index (χ3v) is 3.14. The molecule has 4 nitrogen and oxygen atoms in total. The first-order valence-electron chi connectivity index (χ1n) is 5.49. The van der Waals surface area contributed by atoms with Crippen LogP contribution < -0.4 is 5.32 Å². The highest BCUT2D eigenvalue weighted by Gasteiger charge is 2.05. The second kappa shape index (κ2) is 5.42. The quantitative estimate of drug-likeness (QED) is 0.942. The SMILES string of the molecule is C[C@H](NCc1cn(C)nn1)c1ccc(Br)cc1. The average molecular weight is 295 g/mol. The van der Waals surface area contributed by atoms with Gasteiger partial charge in [-0.3, -0.25) is 4.68 Å². The maximum Gasteiger partial charge on any atom is 0.0964 e. The van der Waals surface area contributed by atoms with Gasteiger partial charge in [0.15, 0.2) is 0 Å². The monoisotopic (exact) mass is 294 g/mol. The van der Waals surface area contributed by atoms with Crippen LogP contribution in [0.4, 0.5) is 0 Å². The van der Waals surface area contributed by atoms with E-state index in [9.17, 15) is 0 Å². The fraction of sp³-hybridized carbons (Fsp3) is 0.333. The van der Waals surface area contributed by atoms with Gasteiger partial charge < -0.3 is 5.32 Å². The Labute approximate surface area is 109 Å². The van der Waals surface area contributed by atoms with Gasteiger partial charge in [-0.15, -0.1) is 5.10 Å². The Hall–Kier alpha value is -1.20. The molecule has 0 radical (unpaired) electrons. The highest BCUT2D eigenvalue weighted by molar-refractivity contribution is 9.10. The number of halogens is 1. The summed E-state index contributed by atoms with van der Waals surface area (Å²) in [5.41, 5.74) is 2.22. The fourth-order valence-corrected chi connectivity index (χ4v) is 1.87. The summed E-state index contributed by atoms with van der Waals surface area (Å²) >= 11 is 3.43. The number of nitrogens with one attached hydrogen (secondary N) is 1. The van der Waals surface area contributed by atoms with E-state index in [1.807, 2.05) is 13.2 Å². The van der Waals surface area contributed by atoms with Crippen LogP contribution in [-0.2, 0) is 13.6 Å². The molecule has 2 aromatic rings. The van der Waals surface area contributed by atoms with Crippen LogP contribution in [0.5, 0.6) is 0 Å². The van der Waals surface area contributed by atoms with Crippen molar-refractivity contribution >= 4 is 15.9 Å². The third-order valence-electron chi connectivity index (χ3n) is 2.61. The van der Waals surface area contributed by atoms with E-state index in [1.54, 1.807) is 4.68 Å². The molecule has 0 aliphatic heterocycles. The topological polar surface area (TPSA) is 42.7 Å². The molecule has 0 spiro atoms. The second-order valence-corrected chi connectivity index (χ2v) is 4.95. The first kappa shape index (κ1) is 12.3. The first-order chi connectivity index (χ1) is 8.15. The largest absolute Gasteiger partial charge is 0.304 e. The summed E-state index contributed by atoms with van der Waals surface area (Å²) in [6.07, 6.45) is 1.92. The Morgan fingerprint density at radius 2 is 2.06 bits per heavy atom. The standard InChI is InChI=1S/C12H15BrN4/c1-9(10-3-5-11(13)6-4-10)14-7-12-8-17(2)16-15-12/h3-6,8-9,14H,7H2,1-2H3/t9-/m0/s1. The van der Waals surface area contributed by atoms with Crippen molar-refractivity contribution in [3.8, 4) is 0 Å². The van der Waals surface area contributed by atoms with Crippen LogP contribution in [0, 0.1) is 0 Å². The Morgan fingerprint density at radius 1 is 1.35 bits per heavy atom. The molecule has 2 rings (SSSR count). The maximum atomic E-state index is 4.04. The minimum absolute atomic E-state index is 0.296. The summed E-state index contributed by atoms with van der Waals surface area (Å²) < 4.78 is 2.81. The fourth-order valence-electron chi connectivity index (χ4n) is 1.60. The van der Waals surface area contributed by atoms with E-state index in [-0.39, 0.29) is 0 Å². The molecule has 1 N–H and O–H groups in total. The Balaban J connectivity index is 1.93. The lowest BCUT2D eigenvalue weighted by molar-refractivity contribution is 0.567. The van der Waals surface area contributed by atoms with Crippen LogP contribution in [0.1, 0.15) is 24.2 Å². The Morgan fingerprint density at radius 3 is 2.65 bits per heavy atom. The van der Waals surface area contributed by atoms with Crippen LogP contribution in [0.15, 0.2) is 34.9 Å². The van der Waals surface area contributed by atoms with Gasteiger partial charge in [-0.05, 0) is 24.6 Å². The van der Waals surface area contributed by atoms with Crippen LogP contribution in [-0.4, -0.2) is 15.0 Å². The number of benzene rings is 1. The second-order valence-electron chi connectivity index (χ2n) is 4.04. The van der Waals surface area contributed by atoms with Crippen molar-refractivity contribution in [2.75, 3.05) is 0 Å². The molecule has 17 heavy (non-hydrogen) atoms. The van der Waals surface area contributed by atoms with Crippen molar-refractivity contribution in [3.63, 3.8) is 0 Å². The van der Waals surface area contributed by atoms with Gasteiger partial charge in [0.2, 0.25) is 0 Å². The number of hydrogen-bond donors (Lipinski definition) is 1. The zero-order valence-electron chi connectivity index (χ0n) is 9.89. The predicted octanol–water partition coefficient (Wildman–Crippen LogP) is 2.43. The lowest BCUT2D eigenvalue weighted by Gasteiger charge is -2.13. The summed E-state index contributed by atoms with van der Waals surface area (Å²) in [7, 11) is 1.87. The smallest absolute Gasteiger partial charge is 0.0964 e. The summed E-state index contributed by atoms with van der Waals surface area (Å²) in [5.74, 6) is 0. The maximum absolute atomic E-state index is 4.04. The molecule has 0 unspecified atom stereocenters. The number of rotatable bonds is 4. The van der Waals surface area contributed by atoms with Gasteiger partial charge in [0.1, 0.15) is 0 Å². The minimum Gasteiger partial charge on any atom is -0.304 e. The average Bonchev–Trinajstić information content (AvgIpc) is 2.73. The van der Waals surface area contributed by atoms with Crippen LogP contribution in [0.3, 0.4) is 0 Å². The van der Waals surface area contributed by atoms with Gasteiger partial charge in [-0.25, -0.2) is 0 Å². The van der Waals surface area contributed by atoms with Crippen LogP contribution >= 0.6 is 15.9 Å². The van der Waals surface area contributed by atoms with E-state index in [0.717, 1.165) is 16.7 Å². The molecule has 0 aliphatic carbocycles. The van der Waals surface area contributed by atoms with E-state index < -0.39 is 0 Å². The highest BCUT2D eigenvalue weighted by atomic mass is 79.9. The number of nitrogens with zero attached hydrogens (tertiary/aromatic N) is 3. The lowest BCUT2D eigenvalue weighted by atomic mass is 10.1. The number of aryl methyl sites for hydroxylation is 1. The van der Waals surface area contributed by atoms with Crippen molar-refractivity contribution in [1.29, 1.82) is 0 Å². The van der Waals surface area contributed by atoms with Gasteiger partial charge in [0.25, 0.3) is 0 Å². The molecule has 0 aliphatic rings. The molecule has 0 fully saturated rings. The van der Waals surface area contributed by atoms with Crippen molar-refractivity contribution in [2.24, 2.45) is 7.05 Å². The molecule has 1 aromatic carbocycles. The molecule has 0 amide bonds. The molecule has 90 valence electrons. The molecule has 1 aromatic heterocycles. The minimum atomic E-state index is 0.296. The summed E-state index contributed by atoms with van der Waals surface area (Å²) in [6, 6.07) is 8.62. The third kappa shape index (κ3) is 3.38. The van der Waals surface area contributed by atoms with Crippen molar-refractivity contribution in [2.45, 2.75) is 19.5 Å². The van der Waals surface area contributed by atoms with Crippen molar-refractivity contribution in [1.82, 2.24) is 20.3 Å². The molecular formula is C12H15BrN4. The zero-order chi connectivity index (χ0) is 12.3. The highest BCUT2D eigenvalue weighted by Crippen LogP contribution is 2.16. The summed E-state index contributed by atoms with van der Waals surface area (Å²) in [6.45, 7) is 2.87. The van der Waals surface area contributed by atoms with E-state index in [2.05, 4.69) is 62.7 Å². The van der Waals surface area contributed by atoms with Gasteiger partial charge in [0.05, 0.1) is 5.69 Å². The number of aromatic nitrogens is 3. The predicted molar refractivity (Wildman–Crippen MR) is 70.4 cm³/mol. The Bertz CT molecular complexity index is 478. The first-order valence-corrected chi connectivity index (χ1v) is 6.28. The zero-order valence-corrected chi connectivity index (χ0v) is 11.5. The summed E-state index contributed by atoms with van der Waals surface area (Å²) in [5, 5.41) is 11.4. The molecule has 5 heteroatoms. The van der Waals surface area contributed by atoms with Crippen molar-refractivity contribution < 1.29 is 0 Å². The summed E-state index contributed by atoms with van der Waals surface area (Å²) in [4.78, 5) is 0. The normalized spacial score (nSPS) is 12.6. The van der Waals surface area contributed by atoms with Gasteiger partial charge in [-0.1, -0.05) is 33.3 Å². The lowest BCUT2D eigenvalue weighted by Crippen LogP contribution is -2.18. The molecule has 0 bridgehead atoms. The molecule has 1 atom stereocenters. The van der Waals surface area contributed by atoms with E-state index in [4.69, 9.17) is 0 Å². The van der Waals surface area contributed by atoms with Crippen molar-refractivity contribution in [3.05, 3.63) is 46.2 Å². The van der Waals surface area contributed by atoms with Crippen LogP contribution in [0.25, 0.3) is 0 Å². The van der Waals surface area contributed by atoms with E-state index >= 15 is 0 Å². The molecule has 0 saturated heterocycles. The Kier molecular flexibility index (Phi) is 3.91. The molecular weight excluding hydrogens is 280 g/mol. The number of hydrogen-bond acceptors (Lipinski definition) is 3. The molecule has 0 saturated carbocycles. The van der Waals surface area contributed by atoms with Gasteiger partial charge >= 0.3 is 0 Å². The van der Waals surface area contributed by atoms with Gasteiger partial charge in [-0.2, -0.15) is 0 Å². The van der Waals surface area contributed by atoms with Crippen LogP contribution in [0.2, 0.25) is 0 Å². The molecule has 1 heterocycles. The van der Waals surface area contributed by atoms with Gasteiger partial charge in [0, 0.05) is 30.3 Å². The van der Waals surface area contributed by atoms with E-state index in [0.29, 0.717) is 6.04 Å². The van der Waals surface area contributed by atoms with E-state index in [1.165, 1.54) is 5.56 Å².